The topological polar surface area (TPSA) is 46.2 Å². The van der Waals surface area contributed by atoms with E-state index in [2.05, 4.69) is 17.9 Å². The molecule has 0 saturated heterocycles. The molecule has 0 aromatic heterocycles. The Morgan fingerprint density at radius 2 is 2.13 bits per heavy atom. The second kappa shape index (κ2) is 3.90. The summed E-state index contributed by atoms with van der Waals surface area (Å²) < 4.78 is 0. The number of thiol groups is 1. The largest absolute Gasteiger partial charge is 0.318 e. The minimum Gasteiger partial charge on any atom is -0.318 e. The molecule has 0 saturated carbocycles. The zero-order valence-corrected chi connectivity index (χ0v) is 8.75. The number of rotatable bonds is 2. The van der Waals surface area contributed by atoms with Crippen LogP contribution < -0.4 is 5.32 Å². The van der Waals surface area contributed by atoms with Crippen LogP contribution in [-0.4, -0.2) is 17.4 Å². The molecule has 0 spiro atoms. The summed E-state index contributed by atoms with van der Waals surface area (Å²) in [6.07, 6.45) is 3.62. The summed E-state index contributed by atoms with van der Waals surface area (Å²) >= 11 is 4.04. The zero-order chi connectivity index (χ0) is 10.8. The number of amides is 1. The molecule has 0 radical (unpaired) electrons. The fourth-order valence-electron chi connectivity index (χ4n) is 1.54. The highest BCUT2D eigenvalue weighted by atomic mass is 32.1. The van der Waals surface area contributed by atoms with Gasteiger partial charge in [0.25, 0.3) is 11.7 Å². The molecule has 0 bridgehead atoms. The molecule has 0 atom stereocenters. The Kier molecular flexibility index (Phi) is 2.60. The van der Waals surface area contributed by atoms with E-state index in [9.17, 15) is 9.59 Å². The predicted molar refractivity (Wildman–Crippen MR) is 62.3 cm³/mol. The van der Waals surface area contributed by atoms with Gasteiger partial charge in [-0.25, -0.2) is 0 Å². The van der Waals surface area contributed by atoms with Crippen molar-refractivity contribution >= 4 is 36.1 Å². The van der Waals surface area contributed by atoms with Crippen LogP contribution in [0.3, 0.4) is 0 Å². The normalized spacial score (nSPS) is 14.5. The average molecular weight is 219 g/mol. The first kappa shape index (κ1) is 9.98. The highest BCUT2D eigenvalue weighted by molar-refractivity contribution is 7.80. The van der Waals surface area contributed by atoms with Gasteiger partial charge < -0.3 is 5.32 Å². The van der Waals surface area contributed by atoms with Gasteiger partial charge in [-0.1, -0.05) is 24.3 Å². The lowest BCUT2D eigenvalue weighted by atomic mass is 10.0. The number of fused-ring (bicyclic) bond motifs is 1. The maximum Gasteiger partial charge on any atom is 0.296 e. The molecule has 76 valence electrons. The summed E-state index contributed by atoms with van der Waals surface area (Å²) in [5, 5.41) is 2.52. The number of carbonyl (C=O) groups excluding carboxylic acids is 2. The monoisotopic (exact) mass is 219 g/mol. The molecule has 0 aliphatic carbocycles. The lowest BCUT2D eigenvalue weighted by Crippen LogP contribution is -2.12. The van der Waals surface area contributed by atoms with Crippen molar-refractivity contribution in [2.45, 2.75) is 0 Å². The molecule has 1 aromatic rings. The van der Waals surface area contributed by atoms with Gasteiger partial charge in [0, 0.05) is 5.75 Å². The first-order chi connectivity index (χ1) is 7.24. The van der Waals surface area contributed by atoms with E-state index >= 15 is 0 Å². The van der Waals surface area contributed by atoms with Gasteiger partial charge in [0.15, 0.2) is 0 Å². The van der Waals surface area contributed by atoms with Gasteiger partial charge in [0.2, 0.25) is 0 Å². The van der Waals surface area contributed by atoms with Gasteiger partial charge in [-0.3, -0.25) is 9.59 Å². The quantitative estimate of drug-likeness (QED) is 0.588. The Bertz CT molecular complexity index is 466. The standard InChI is InChI=1S/C11H9NO2S/c13-10-9-7(4-2-6-15)3-1-5-8(9)12-11(10)14/h1-5,15H,6H2,(H,12,13,14). The van der Waals surface area contributed by atoms with Crippen molar-refractivity contribution in [1.82, 2.24) is 0 Å². The Labute approximate surface area is 92.6 Å². The second-order valence-corrected chi connectivity index (χ2v) is 3.50. The van der Waals surface area contributed by atoms with E-state index in [4.69, 9.17) is 0 Å². The van der Waals surface area contributed by atoms with Crippen LogP contribution in [0, 0.1) is 0 Å². The van der Waals surface area contributed by atoms with Crippen LogP contribution in [0.2, 0.25) is 0 Å². The molecular weight excluding hydrogens is 210 g/mol. The summed E-state index contributed by atoms with van der Waals surface area (Å²) in [7, 11) is 0. The number of anilines is 1. The van der Waals surface area contributed by atoms with Crippen LogP contribution in [0.15, 0.2) is 24.3 Å². The number of ketones is 1. The molecule has 1 aliphatic heterocycles. The molecule has 0 fully saturated rings. The van der Waals surface area contributed by atoms with Crippen LogP contribution in [0.4, 0.5) is 5.69 Å². The van der Waals surface area contributed by atoms with E-state index in [0.29, 0.717) is 17.0 Å². The smallest absolute Gasteiger partial charge is 0.296 e. The van der Waals surface area contributed by atoms with Gasteiger partial charge in [-0.2, -0.15) is 12.6 Å². The number of Topliss-reactive ketones (excluding diaryl/α,β-unsaturated/α-hetero) is 1. The van der Waals surface area contributed by atoms with Gasteiger partial charge in [-0.05, 0) is 11.6 Å². The number of benzene rings is 1. The minimum atomic E-state index is -0.559. The Morgan fingerprint density at radius 1 is 1.33 bits per heavy atom. The third kappa shape index (κ3) is 1.68. The summed E-state index contributed by atoms with van der Waals surface area (Å²) in [5.74, 6) is -0.430. The maximum absolute atomic E-state index is 11.5. The van der Waals surface area contributed by atoms with Crippen LogP contribution >= 0.6 is 12.6 Å². The van der Waals surface area contributed by atoms with Crippen LogP contribution in [-0.2, 0) is 4.79 Å². The molecule has 2 rings (SSSR count). The summed E-state index contributed by atoms with van der Waals surface area (Å²) in [5.41, 5.74) is 1.80. The third-order valence-corrected chi connectivity index (χ3v) is 2.39. The van der Waals surface area contributed by atoms with E-state index in [1.807, 2.05) is 6.08 Å². The van der Waals surface area contributed by atoms with Crippen LogP contribution in [0.5, 0.6) is 0 Å². The lowest BCUT2D eigenvalue weighted by molar-refractivity contribution is -0.112. The number of carbonyl (C=O) groups is 2. The van der Waals surface area contributed by atoms with Gasteiger partial charge in [0.1, 0.15) is 0 Å². The van der Waals surface area contributed by atoms with Crippen molar-refractivity contribution in [2.24, 2.45) is 0 Å². The summed E-state index contributed by atoms with van der Waals surface area (Å²) in [6.45, 7) is 0. The molecule has 1 heterocycles. The SMILES string of the molecule is O=C1Nc2cccc(C=CCS)c2C1=O. The van der Waals surface area contributed by atoms with Crippen molar-refractivity contribution in [3.63, 3.8) is 0 Å². The number of hydrogen-bond donors (Lipinski definition) is 2. The highest BCUT2D eigenvalue weighted by Crippen LogP contribution is 2.26. The van der Waals surface area contributed by atoms with Gasteiger partial charge in [0.05, 0.1) is 11.3 Å². The lowest BCUT2D eigenvalue weighted by Gasteiger charge is -2.00. The second-order valence-electron chi connectivity index (χ2n) is 3.14. The first-order valence-electron chi connectivity index (χ1n) is 4.50. The summed E-state index contributed by atoms with van der Waals surface area (Å²) in [4.78, 5) is 22.7. The van der Waals surface area contributed by atoms with E-state index in [1.165, 1.54) is 0 Å². The number of hydrogen-bond acceptors (Lipinski definition) is 3. The molecule has 4 heteroatoms. The highest BCUT2D eigenvalue weighted by Gasteiger charge is 2.29. The van der Waals surface area contributed by atoms with E-state index < -0.39 is 11.7 Å². The minimum absolute atomic E-state index is 0.459. The number of nitrogens with one attached hydrogen (secondary N) is 1. The van der Waals surface area contributed by atoms with Crippen LogP contribution in [0.1, 0.15) is 15.9 Å². The molecular formula is C11H9NO2S. The van der Waals surface area contributed by atoms with E-state index in [0.717, 1.165) is 5.56 Å². The molecule has 1 aromatic carbocycles. The average Bonchev–Trinajstić information content (AvgIpc) is 2.53. The van der Waals surface area contributed by atoms with E-state index in [-0.39, 0.29) is 0 Å². The third-order valence-electron chi connectivity index (χ3n) is 2.18. The molecule has 1 aliphatic rings. The molecule has 15 heavy (non-hydrogen) atoms. The van der Waals surface area contributed by atoms with Gasteiger partial charge >= 0.3 is 0 Å². The zero-order valence-electron chi connectivity index (χ0n) is 7.86. The Hall–Kier alpha value is -1.55. The van der Waals surface area contributed by atoms with Crippen molar-refractivity contribution in [3.05, 3.63) is 35.4 Å². The van der Waals surface area contributed by atoms with Crippen molar-refractivity contribution in [3.8, 4) is 0 Å². The Balaban J connectivity index is 2.52. The molecule has 1 amide bonds. The van der Waals surface area contributed by atoms with Crippen molar-refractivity contribution in [2.75, 3.05) is 11.1 Å². The van der Waals surface area contributed by atoms with Crippen molar-refractivity contribution < 1.29 is 9.59 Å². The first-order valence-corrected chi connectivity index (χ1v) is 5.13. The fourth-order valence-corrected chi connectivity index (χ4v) is 1.64. The van der Waals surface area contributed by atoms with Crippen molar-refractivity contribution in [1.29, 1.82) is 0 Å². The Morgan fingerprint density at radius 3 is 2.87 bits per heavy atom. The molecule has 3 nitrogen and oxygen atoms in total. The summed E-state index contributed by atoms with van der Waals surface area (Å²) in [6, 6.07) is 5.32. The molecule has 1 N–H and O–H groups in total. The maximum atomic E-state index is 11.5. The fraction of sp³-hybridized carbons (Fsp3) is 0.0909. The predicted octanol–water partition coefficient (Wildman–Crippen LogP) is 1.76. The molecule has 0 unspecified atom stereocenters. The van der Waals surface area contributed by atoms with Gasteiger partial charge in [-0.15, -0.1) is 0 Å². The van der Waals surface area contributed by atoms with Crippen LogP contribution in [0.25, 0.3) is 6.08 Å². The van der Waals surface area contributed by atoms with E-state index in [1.54, 1.807) is 24.3 Å².